The third-order valence-corrected chi connectivity index (χ3v) is 4.73. The van der Waals surface area contributed by atoms with Crippen LogP contribution in [0.25, 0.3) is 6.08 Å². The van der Waals surface area contributed by atoms with Gasteiger partial charge in [0.1, 0.15) is 5.75 Å². The summed E-state index contributed by atoms with van der Waals surface area (Å²) in [6.07, 6.45) is 4.43. The second-order valence-electron chi connectivity index (χ2n) is 5.39. The van der Waals surface area contributed by atoms with Crippen LogP contribution in [0.5, 0.6) is 5.75 Å². The molecule has 2 aromatic carbocycles. The summed E-state index contributed by atoms with van der Waals surface area (Å²) in [6, 6.07) is 21.7. The zero-order valence-electron chi connectivity index (χ0n) is 13.4. The van der Waals surface area contributed by atoms with Crippen molar-refractivity contribution in [2.75, 3.05) is 7.11 Å². The van der Waals surface area contributed by atoms with Crippen LogP contribution in [-0.4, -0.2) is 12.9 Å². The van der Waals surface area contributed by atoms with Gasteiger partial charge in [-0.25, -0.2) is 0 Å². The van der Waals surface area contributed by atoms with E-state index < -0.39 is 0 Å². The number of carbonyl (C=O) groups excluding carboxylic acids is 1. The number of benzene rings is 2. The minimum atomic E-state index is -0.00402. The van der Waals surface area contributed by atoms with Crippen LogP contribution in [0.4, 0.5) is 0 Å². The van der Waals surface area contributed by atoms with Crippen molar-refractivity contribution in [3.8, 4) is 5.75 Å². The summed E-state index contributed by atoms with van der Waals surface area (Å²) in [6.45, 7) is 0. The van der Waals surface area contributed by atoms with Crippen LogP contribution >= 0.6 is 11.3 Å². The van der Waals surface area contributed by atoms with Crippen LogP contribution in [0.2, 0.25) is 0 Å². The van der Waals surface area contributed by atoms with Crippen LogP contribution in [0.3, 0.4) is 0 Å². The number of carbonyl (C=O) groups is 1. The summed E-state index contributed by atoms with van der Waals surface area (Å²) in [5, 5.41) is 0. The van der Waals surface area contributed by atoms with E-state index >= 15 is 0 Å². The molecule has 0 bridgehead atoms. The lowest BCUT2D eigenvalue weighted by molar-refractivity contribution is 0.104. The van der Waals surface area contributed by atoms with Crippen LogP contribution in [-0.2, 0) is 6.42 Å². The number of methoxy groups -OCH3 is 1. The van der Waals surface area contributed by atoms with Crippen molar-refractivity contribution in [3.63, 3.8) is 0 Å². The zero-order chi connectivity index (χ0) is 16.8. The molecule has 24 heavy (non-hydrogen) atoms. The van der Waals surface area contributed by atoms with Gasteiger partial charge in [-0.15, -0.1) is 11.3 Å². The minimum Gasteiger partial charge on any atom is -0.497 e. The van der Waals surface area contributed by atoms with E-state index in [1.165, 1.54) is 10.4 Å². The highest BCUT2D eigenvalue weighted by Crippen LogP contribution is 2.21. The fourth-order valence-electron chi connectivity index (χ4n) is 2.39. The number of thiophene rings is 1. The van der Waals surface area contributed by atoms with E-state index in [4.69, 9.17) is 4.74 Å². The van der Waals surface area contributed by atoms with E-state index in [1.54, 1.807) is 48.8 Å². The highest BCUT2D eigenvalue weighted by atomic mass is 32.1. The predicted octanol–water partition coefficient (Wildman–Crippen LogP) is 5.24. The van der Waals surface area contributed by atoms with Crippen molar-refractivity contribution in [3.05, 3.63) is 93.7 Å². The highest BCUT2D eigenvalue weighted by molar-refractivity contribution is 7.12. The van der Waals surface area contributed by atoms with Crippen LogP contribution in [0.15, 0.2) is 72.8 Å². The van der Waals surface area contributed by atoms with Gasteiger partial charge >= 0.3 is 0 Å². The number of allylic oxidation sites excluding steroid dienone is 1. The monoisotopic (exact) mass is 334 g/mol. The second kappa shape index (κ2) is 7.75. The lowest BCUT2D eigenvalue weighted by Crippen LogP contribution is -1.93. The molecule has 0 spiro atoms. The van der Waals surface area contributed by atoms with Crippen LogP contribution < -0.4 is 4.74 Å². The number of ether oxygens (including phenoxy) is 1. The average molecular weight is 334 g/mol. The van der Waals surface area contributed by atoms with Crippen molar-refractivity contribution in [2.24, 2.45) is 0 Å². The van der Waals surface area contributed by atoms with Gasteiger partial charge in [0.2, 0.25) is 0 Å². The van der Waals surface area contributed by atoms with Gasteiger partial charge in [-0.05, 0) is 54.1 Å². The standard InChI is InChI=1S/C21H18O2S/c1-23-18-9-7-17(8-10-18)21(22)14-13-19-11-12-20(24-19)15-16-5-3-2-4-6-16/h2-14H,15H2,1H3/b14-13+. The molecule has 2 nitrogen and oxygen atoms in total. The molecule has 0 aliphatic heterocycles. The third-order valence-electron chi connectivity index (χ3n) is 3.68. The Balaban J connectivity index is 1.65. The normalized spacial score (nSPS) is 10.9. The van der Waals surface area contributed by atoms with Gasteiger partial charge in [-0.1, -0.05) is 30.3 Å². The van der Waals surface area contributed by atoms with Gasteiger partial charge in [0.05, 0.1) is 7.11 Å². The van der Waals surface area contributed by atoms with Gasteiger partial charge in [0, 0.05) is 21.7 Å². The summed E-state index contributed by atoms with van der Waals surface area (Å²) >= 11 is 1.71. The first-order valence-corrected chi connectivity index (χ1v) is 8.55. The average Bonchev–Trinajstić information content (AvgIpc) is 3.08. The Morgan fingerprint density at radius 3 is 2.46 bits per heavy atom. The molecular formula is C21H18O2S. The molecule has 0 saturated heterocycles. The minimum absolute atomic E-state index is 0.00402. The Morgan fingerprint density at radius 1 is 1.00 bits per heavy atom. The quantitative estimate of drug-likeness (QED) is 0.455. The summed E-state index contributed by atoms with van der Waals surface area (Å²) in [4.78, 5) is 14.6. The number of rotatable bonds is 6. The molecule has 3 aromatic rings. The third kappa shape index (κ3) is 4.21. The molecule has 1 heterocycles. The lowest BCUT2D eigenvalue weighted by Gasteiger charge is -1.99. The van der Waals surface area contributed by atoms with E-state index in [0.29, 0.717) is 5.56 Å². The number of ketones is 1. The summed E-state index contributed by atoms with van der Waals surface area (Å²) in [7, 11) is 1.61. The Morgan fingerprint density at radius 2 is 1.75 bits per heavy atom. The molecule has 0 amide bonds. The van der Waals surface area contributed by atoms with Crippen molar-refractivity contribution >= 4 is 23.2 Å². The molecule has 3 heteroatoms. The largest absolute Gasteiger partial charge is 0.497 e. The number of hydrogen-bond donors (Lipinski definition) is 0. The van der Waals surface area contributed by atoms with E-state index in [-0.39, 0.29) is 5.78 Å². The zero-order valence-corrected chi connectivity index (χ0v) is 14.3. The molecule has 0 fully saturated rings. The maximum atomic E-state index is 12.2. The lowest BCUT2D eigenvalue weighted by atomic mass is 10.1. The molecule has 3 rings (SSSR count). The van der Waals surface area contributed by atoms with Crippen molar-refractivity contribution in [1.82, 2.24) is 0 Å². The fourth-order valence-corrected chi connectivity index (χ4v) is 3.34. The Labute approximate surface area is 146 Å². The molecule has 1 aromatic heterocycles. The fraction of sp³-hybridized carbons (Fsp3) is 0.0952. The van der Waals surface area contributed by atoms with E-state index in [1.807, 2.05) is 12.1 Å². The number of hydrogen-bond acceptors (Lipinski definition) is 3. The summed E-state index contributed by atoms with van der Waals surface area (Å²) < 4.78 is 5.10. The SMILES string of the molecule is COc1ccc(C(=O)/C=C/c2ccc(Cc3ccccc3)s2)cc1. The van der Waals surface area contributed by atoms with Crippen molar-refractivity contribution < 1.29 is 9.53 Å². The first kappa shape index (κ1) is 16.2. The van der Waals surface area contributed by atoms with E-state index in [0.717, 1.165) is 17.0 Å². The van der Waals surface area contributed by atoms with Crippen molar-refractivity contribution in [2.45, 2.75) is 6.42 Å². The second-order valence-corrected chi connectivity index (χ2v) is 6.59. The molecule has 0 N–H and O–H groups in total. The van der Waals surface area contributed by atoms with E-state index in [9.17, 15) is 4.79 Å². The van der Waals surface area contributed by atoms with Crippen molar-refractivity contribution in [1.29, 1.82) is 0 Å². The maximum Gasteiger partial charge on any atom is 0.185 e. The van der Waals surface area contributed by atoms with Gasteiger partial charge < -0.3 is 4.74 Å². The molecule has 0 aliphatic carbocycles. The van der Waals surface area contributed by atoms with Gasteiger partial charge in [-0.2, -0.15) is 0 Å². The molecule has 120 valence electrons. The Hall–Kier alpha value is -2.65. The van der Waals surface area contributed by atoms with Gasteiger partial charge in [0.25, 0.3) is 0 Å². The molecular weight excluding hydrogens is 316 g/mol. The molecule has 0 aliphatic rings. The molecule has 0 saturated carbocycles. The summed E-state index contributed by atoms with van der Waals surface area (Å²) in [5.74, 6) is 0.745. The van der Waals surface area contributed by atoms with Gasteiger partial charge in [-0.3, -0.25) is 4.79 Å². The van der Waals surface area contributed by atoms with E-state index in [2.05, 4.69) is 36.4 Å². The van der Waals surface area contributed by atoms with Crippen LogP contribution in [0, 0.1) is 0 Å². The molecule has 0 atom stereocenters. The maximum absolute atomic E-state index is 12.2. The smallest absolute Gasteiger partial charge is 0.185 e. The first-order chi connectivity index (χ1) is 11.7. The summed E-state index contributed by atoms with van der Waals surface area (Å²) in [5.41, 5.74) is 1.96. The van der Waals surface area contributed by atoms with Gasteiger partial charge in [0.15, 0.2) is 5.78 Å². The Bertz CT molecular complexity index is 830. The highest BCUT2D eigenvalue weighted by Gasteiger charge is 2.03. The molecule has 0 unspecified atom stereocenters. The van der Waals surface area contributed by atoms with Crippen LogP contribution in [0.1, 0.15) is 25.7 Å². The first-order valence-electron chi connectivity index (χ1n) is 7.74. The Kier molecular flexibility index (Phi) is 5.24. The topological polar surface area (TPSA) is 26.3 Å². The predicted molar refractivity (Wildman–Crippen MR) is 99.9 cm³/mol. The molecule has 0 radical (unpaired) electrons.